The number of hydrogen-bond donors (Lipinski definition) is 1. The van der Waals surface area contributed by atoms with Gasteiger partial charge in [-0.15, -0.1) is 0 Å². The molecule has 2 aromatic carbocycles. The first-order valence-corrected chi connectivity index (χ1v) is 11.7. The van der Waals surface area contributed by atoms with Gasteiger partial charge in [-0.3, -0.25) is 14.2 Å². The van der Waals surface area contributed by atoms with E-state index in [1.807, 2.05) is 55.5 Å². The van der Waals surface area contributed by atoms with Crippen molar-refractivity contribution in [2.24, 2.45) is 0 Å². The van der Waals surface area contributed by atoms with Crippen LogP contribution in [0.25, 0.3) is 0 Å². The predicted molar refractivity (Wildman–Crippen MR) is 129 cm³/mol. The van der Waals surface area contributed by atoms with Crippen molar-refractivity contribution in [2.45, 2.75) is 51.5 Å². The molecule has 1 fully saturated rings. The van der Waals surface area contributed by atoms with E-state index >= 15 is 0 Å². The molecule has 0 bridgehead atoms. The van der Waals surface area contributed by atoms with E-state index < -0.39 is 17.3 Å². The second-order valence-corrected chi connectivity index (χ2v) is 8.74. The van der Waals surface area contributed by atoms with E-state index in [1.165, 1.54) is 5.56 Å². The summed E-state index contributed by atoms with van der Waals surface area (Å²) in [5.41, 5.74) is 1.43. The highest BCUT2D eigenvalue weighted by atomic mass is 16.3. The number of benzene rings is 2. The largest absolute Gasteiger partial charge is 0.493 e. The summed E-state index contributed by atoms with van der Waals surface area (Å²) < 4.78 is 1.59. The van der Waals surface area contributed by atoms with Crippen LogP contribution < -0.4 is 5.56 Å². The summed E-state index contributed by atoms with van der Waals surface area (Å²) in [4.78, 5) is 33.1. The first-order chi connectivity index (χ1) is 16.0. The third-order valence-electron chi connectivity index (χ3n) is 6.55. The number of likely N-dealkylation sites (tertiary alicyclic amines) is 1. The van der Waals surface area contributed by atoms with Crippen LogP contribution in [0.2, 0.25) is 0 Å². The Morgan fingerprint density at radius 2 is 1.79 bits per heavy atom. The van der Waals surface area contributed by atoms with Crippen LogP contribution in [0, 0.1) is 0 Å². The van der Waals surface area contributed by atoms with Gasteiger partial charge in [0.15, 0.2) is 5.56 Å². The molecule has 1 aromatic heterocycles. The quantitative estimate of drug-likeness (QED) is 0.580. The Kier molecular flexibility index (Phi) is 6.92. The van der Waals surface area contributed by atoms with Crippen LogP contribution in [0.5, 0.6) is 5.88 Å². The van der Waals surface area contributed by atoms with E-state index in [9.17, 15) is 14.7 Å². The number of aromatic nitrogens is 2. The van der Waals surface area contributed by atoms with Gasteiger partial charge in [0.1, 0.15) is 5.82 Å². The minimum absolute atomic E-state index is 0.222. The van der Waals surface area contributed by atoms with Crippen molar-refractivity contribution >= 4 is 5.91 Å². The number of aryl methyl sites for hydroxylation is 1. The van der Waals surface area contributed by atoms with Crippen molar-refractivity contribution in [1.82, 2.24) is 14.5 Å². The lowest BCUT2D eigenvalue weighted by Gasteiger charge is -2.22. The Labute approximate surface area is 194 Å². The van der Waals surface area contributed by atoms with Crippen molar-refractivity contribution in [3.8, 4) is 5.88 Å². The molecule has 6 nitrogen and oxygen atoms in total. The molecule has 6 heteroatoms. The summed E-state index contributed by atoms with van der Waals surface area (Å²) in [6.45, 7) is 5.06. The molecule has 1 saturated heterocycles. The molecule has 2 heterocycles. The lowest BCUT2D eigenvalue weighted by Crippen LogP contribution is -2.38. The number of nitrogens with zero attached hydrogens (tertiary/aromatic N) is 3. The van der Waals surface area contributed by atoms with E-state index in [0.29, 0.717) is 25.3 Å². The third-order valence-corrected chi connectivity index (χ3v) is 6.55. The smallest absolute Gasteiger partial charge is 0.270 e. The van der Waals surface area contributed by atoms with Crippen LogP contribution in [0.4, 0.5) is 0 Å². The highest BCUT2D eigenvalue weighted by Gasteiger charge is 2.33. The lowest BCUT2D eigenvalue weighted by atomic mass is 9.99. The number of carbonyl (C=O) groups is 1. The predicted octanol–water partition coefficient (Wildman–Crippen LogP) is 4.53. The number of carbonyl (C=O) groups excluding carboxylic acids is 1. The third kappa shape index (κ3) is 4.70. The van der Waals surface area contributed by atoms with Crippen molar-refractivity contribution < 1.29 is 9.90 Å². The second-order valence-electron chi connectivity index (χ2n) is 8.74. The molecule has 0 radical (unpaired) electrons. The van der Waals surface area contributed by atoms with Crippen LogP contribution >= 0.6 is 0 Å². The Balaban J connectivity index is 1.70. The van der Waals surface area contributed by atoms with Gasteiger partial charge in [0.2, 0.25) is 5.88 Å². The molecule has 1 N–H and O–H groups in total. The summed E-state index contributed by atoms with van der Waals surface area (Å²) >= 11 is 0. The molecule has 1 unspecified atom stereocenters. The Morgan fingerprint density at radius 3 is 2.45 bits per heavy atom. The standard InChI is InChI=1S/C27H31N3O3/c1-3-4-15-23-28-25(31)24(27(33)30(23)19(2)20-11-7-5-8-12-20)26(32)29-17-16-22(18-29)21-13-9-6-10-14-21/h5-14,19,22,31H,3-4,15-18H2,1-2H3/t19?,22-/m1/s1. The highest BCUT2D eigenvalue weighted by Crippen LogP contribution is 2.29. The summed E-state index contributed by atoms with van der Waals surface area (Å²) in [6.07, 6.45) is 3.16. The number of hydrogen-bond acceptors (Lipinski definition) is 4. The molecule has 2 atom stereocenters. The molecule has 3 aromatic rings. The minimum atomic E-state index is -0.474. The van der Waals surface area contributed by atoms with Crippen LogP contribution in [-0.4, -0.2) is 38.6 Å². The first-order valence-electron chi connectivity index (χ1n) is 11.7. The van der Waals surface area contributed by atoms with Gasteiger partial charge in [0, 0.05) is 25.4 Å². The van der Waals surface area contributed by atoms with Crippen LogP contribution in [-0.2, 0) is 6.42 Å². The van der Waals surface area contributed by atoms with E-state index in [2.05, 4.69) is 24.0 Å². The zero-order chi connectivity index (χ0) is 23.4. The van der Waals surface area contributed by atoms with Gasteiger partial charge in [0.25, 0.3) is 11.5 Å². The van der Waals surface area contributed by atoms with Gasteiger partial charge in [-0.25, -0.2) is 0 Å². The summed E-state index contributed by atoms with van der Waals surface area (Å²) in [6, 6.07) is 19.5. The van der Waals surface area contributed by atoms with Gasteiger partial charge in [-0.2, -0.15) is 4.98 Å². The van der Waals surface area contributed by atoms with Gasteiger partial charge in [0.05, 0.1) is 6.04 Å². The Morgan fingerprint density at radius 1 is 1.12 bits per heavy atom. The maximum absolute atomic E-state index is 13.7. The molecule has 1 aliphatic rings. The fourth-order valence-electron chi connectivity index (χ4n) is 4.64. The monoisotopic (exact) mass is 445 g/mol. The van der Waals surface area contributed by atoms with Crippen molar-refractivity contribution in [2.75, 3.05) is 13.1 Å². The van der Waals surface area contributed by atoms with Gasteiger partial charge < -0.3 is 10.0 Å². The number of aromatic hydroxyl groups is 1. The Hall–Kier alpha value is -3.41. The molecule has 33 heavy (non-hydrogen) atoms. The zero-order valence-corrected chi connectivity index (χ0v) is 19.3. The maximum Gasteiger partial charge on any atom is 0.270 e. The summed E-state index contributed by atoms with van der Waals surface area (Å²) in [5.74, 6) is -0.175. The fourth-order valence-corrected chi connectivity index (χ4v) is 4.64. The minimum Gasteiger partial charge on any atom is -0.493 e. The number of unbranched alkanes of at least 4 members (excludes halogenated alkanes) is 1. The maximum atomic E-state index is 13.7. The Bertz CT molecular complexity index is 1160. The SMILES string of the molecule is CCCCc1nc(O)c(C(=O)N2CC[C@@H](c3ccccc3)C2)c(=O)n1C(C)c1ccccc1. The summed E-state index contributed by atoms with van der Waals surface area (Å²) in [5, 5.41) is 10.7. The molecule has 0 saturated carbocycles. The van der Waals surface area contributed by atoms with Crippen molar-refractivity contribution in [3.05, 3.63) is 93.5 Å². The van der Waals surface area contributed by atoms with Crippen molar-refractivity contribution in [3.63, 3.8) is 0 Å². The van der Waals surface area contributed by atoms with Crippen LogP contribution in [0.1, 0.15) is 72.4 Å². The average molecular weight is 446 g/mol. The van der Waals surface area contributed by atoms with E-state index in [1.54, 1.807) is 9.47 Å². The molecular weight excluding hydrogens is 414 g/mol. The number of amides is 1. The molecule has 1 aliphatic heterocycles. The van der Waals surface area contributed by atoms with Gasteiger partial charge in [-0.05, 0) is 30.9 Å². The normalized spacial score (nSPS) is 16.7. The molecule has 172 valence electrons. The molecule has 0 spiro atoms. The molecule has 0 aliphatic carbocycles. The van der Waals surface area contributed by atoms with E-state index in [-0.39, 0.29) is 17.5 Å². The average Bonchev–Trinajstić information content (AvgIpc) is 3.34. The summed E-state index contributed by atoms with van der Waals surface area (Å²) in [7, 11) is 0. The molecular formula is C27H31N3O3. The highest BCUT2D eigenvalue weighted by molar-refractivity contribution is 5.96. The van der Waals surface area contributed by atoms with Crippen molar-refractivity contribution in [1.29, 1.82) is 0 Å². The fraction of sp³-hybridized carbons (Fsp3) is 0.370. The van der Waals surface area contributed by atoms with Gasteiger partial charge in [-0.1, -0.05) is 74.0 Å². The number of rotatable bonds is 7. The molecule has 4 rings (SSSR count). The lowest BCUT2D eigenvalue weighted by molar-refractivity contribution is 0.0783. The first kappa shape index (κ1) is 22.8. The topological polar surface area (TPSA) is 75.4 Å². The van der Waals surface area contributed by atoms with E-state index in [0.717, 1.165) is 24.8 Å². The molecule has 1 amide bonds. The van der Waals surface area contributed by atoms with Crippen LogP contribution in [0.15, 0.2) is 65.5 Å². The van der Waals surface area contributed by atoms with Crippen LogP contribution in [0.3, 0.4) is 0 Å². The van der Waals surface area contributed by atoms with Gasteiger partial charge >= 0.3 is 0 Å². The second kappa shape index (κ2) is 10.0. The van der Waals surface area contributed by atoms with E-state index in [4.69, 9.17) is 0 Å². The zero-order valence-electron chi connectivity index (χ0n) is 19.3.